The average molecular weight is 183 g/mol. The van der Waals surface area contributed by atoms with Gasteiger partial charge in [-0.15, -0.1) is 0 Å². The van der Waals surface area contributed by atoms with Gasteiger partial charge in [-0.25, -0.2) is 9.00 Å². The van der Waals surface area contributed by atoms with E-state index < -0.39 is 24.0 Å². The second kappa shape index (κ2) is 5.70. The number of thiol groups is 2. The highest BCUT2D eigenvalue weighted by molar-refractivity contribution is 7.80. The smallest absolute Gasteiger partial charge is 0.336 e. The van der Waals surface area contributed by atoms with Crippen LogP contribution in [0.4, 0.5) is 0 Å². The van der Waals surface area contributed by atoms with E-state index in [4.69, 9.17) is 5.73 Å². The topological polar surface area (TPSA) is 69.4 Å². The lowest BCUT2D eigenvalue weighted by Gasteiger charge is -2.03. The molecule has 0 radical (unpaired) electrons. The van der Waals surface area contributed by atoms with Gasteiger partial charge >= 0.3 is 5.97 Å². The largest absolute Gasteiger partial charge is 0.365 e. The van der Waals surface area contributed by atoms with Gasteiger partial charge in [0.25, 0.3) is 0 Å². The van der Waals surface area contributed by atoms with Crippen molar-refractivity contribution in [2.24, 2.45) is 5.73 Å². The van der Waals surface area contributed by atoms with Gasteiger partial charge in [0.2, 0.25) is 0 Å². The lowest BCUT2D eigenvalue weighted by Crippen LogP contribution is -2.31. The average Bonchev–Trinajstić information content (AvgIpc) is 1.89. The molecule has 0 saturated heterocycles. The molecular weight excluding hydrogens is 174 g/mol. The normalized spacial score (nSPS) is 12.6. The minimum Gasteiger partial charge on any atom is -0.365 e. The Morgan fingerprint density at radius 3 is 2.80 bits per heavy atom. The van der Waals surface area contributed by atoms with Gasteiger partial charge in [0, 0.05) is 0 Å². The molecule has 0 aromatic heterocycles. The van der Waals surface area contributed by atoms with E-state index in [1.165, 1.54) is 0 Å². The molecule has 2 N–H and O–H groups in total. The first kappa shape index (κ1) is 9.93. The third-order valence-corrected chi connectivity index (χ3v) is 1.38. The van der Waals surface area contributed by atoms with Gasteiger partial charge < -0.3 is 9.92 Å². The molecule has 0 unspecified atom stereocenters. The molecule has 60 valence electrons. The summed E-state index contributed by atoms with van der Waals surface area (Å²) in [6.45, 7) is 0. The van der Waals surface area contributed by atoms with Crippen LogP contribution in [0.1, 0.15) is 6.42 Å². The van der Waals surface area contributed by atoms with Crippen LogP contribution in [0.25, 0.3) is 0 Å². The van der Waals surface area contributed by atoms with Crippen LogP contribution in [0, 0.1) is 0 Å². The van der Waals surface area contributed by atoms with Crippen LogP contribution in [-0.4, -0.2) is 22.0 Å². The number of carbonyl (C=O) groups excluding carboxylic acids is 1. The van der Waals surface area contributed by atoms with Gasteiger partial charge in [-0.1, -0.05) is 0 Å². The van der Waals surface area contributed by atoms with Gasteiger partial charge in [0.15, 0.2) is 11.9 Å². The molecule has 0 aliphatic rings. The molecule has 0 bridgehead atoms. The van der Waals surface area contributed by atoms with Crippen molar-refractivity contribution in [3.63, 3.8) is 0 Å². The Labute approximate surface area is 68.2 Å². The highest BCUT2D eigenvalue weighted by Crippen LogP contribution is 1.92. The third kappa shape index (κ3) is 3.86. The zero-order valence-corrected chi connectivity index (χ0v) is 6.98. The maximum absolute atomic E-state index is 10.5. The Morgan fingerprint density at radius 1 is 1.80 bits per heavy atom. The van der Waals surface area contributed by atoms with Crippen LogP contribution in [0.5, 0.6) is 0 Å². The van der Waals surface area contributed by atoms with Gasteiger partial charge in [0.05, 0.1) is 0 Å². The number of nitrogens with two attached hydrogens (primary N) is 1. The second-order valence-corrected chi connectivity index (χ2v) is 2.38. The standard InChI is InChI=1S/C4H9NO3S2/c5-3(1-2-9)4(6)8-10-7/h3,9-10H,1-2,5H2/t3-/m0/s1. The molecule has 0 spiro atoms. The summed E-state index contributed by atoms with van der Waals surface area (Å²) in [7, 11) is 0. The maximum atomic E-state index is 10.5. The SMILES string of the molecule is N[C@@H](CCS)C(=O)O[SH]=O. The zero-order chi connectivity index (χ0) is 7.98. The van der Waals surface area contributed by atoms with E-state index in [0.717, 1.165) is 0 Å². The van der Waals surface area contributed by atoms with E-state index in [2.05, 4.69) is 16.8 Å². The predicted molar refractivity (Wildman–Crippen MR) is 42.1 cm³/mol. The van der Waals surface area contributed by atoms with E-state index in [-0.39, 0.29) is 0 Å². The number of rotatable bonds is 4. The summed E-state index contributed by atoms with van der Waals surface area (Å²) in [4.78, 5) is 10.5. The van der Waals surface area contributed by atoms with Crippen molar-refractivity contribution in [2.45, 2.75) is 12.5 Å². The van der Waals surface area contributed by atoms with Crippen LogP contribution in [0.15, 0.2) is 0 Å². The van der Waals surface area contributed by atoms with Crippen LogP contribution in [0.2, 0.25) is 0 Å². The van der Waals surface area contributed by atoms with Crippen molar-refractivity contribution < 1.29 is 13.2 Å². The molecule has 0 aliphatic heterocycles. The van der Waals surface area contributed by atoms with Crippen molar-refractivity contribution in [3.05, 3.63) is 0 Å². The first-order valence-electron chi connectivity index (χ1n) is 2.62. The van der Waals surface area contributed by atoms with Crippen LogP contribution in [0.3, 0.4) is 0 Å². The second-order valence-electron chi connectivity index (χ2n) is 1.60. The minimum absolute atomic E-state index is 0.428. The number of hydrogen-bond donors (Lipinski definition) is 3. The molecule has 6 heteroatoms. The fraction of sp³-hybridized carbons (Fsp3) is 0.750. The Balaban J connectivity index is 3.58. The lowest BCUT2D eigenvalue weighted by molar-refractivity contribution is -0.134. The Kier molecular flexibility index (Phi) is 5.66. The molecule has 0 aliphatic carbocycles. The first-order valence-corrected chi connectivity index (χ1v) is 3.98. The molecule has 0 amide bonds. The quantitative estimate of drug-likeness (QED) is 0.491. The predicted octanol–water partition coefficient (Wildman–Crippen LogP) is -0.963. The summed E-state index contributed by atoms with van der Waals surface area (Å²) in [5, 5.41) is 0. The Bertz CT molecular complexity index is 130. The first-order chi connectivity index (χ1) is 4.72. The summed E-state index contributed by atoms with van der Waals surface area (Å²) in [5.41, 5.74) is 5.25. The van der Waals surface area contributed by atoms with Crippen molar-refractivity contribution in [1.29, 1.82) is 0 Å². The molecule has 0 aromatic rings. The summed E-state index contributed by atoms with van der Waals surface area (Å²) >= 11 is 3.20. The molecule has 0 heterocycles. The summed E-state index contributed by atoms with van der Waals surface area (Å²) in [6.07, 6.45) is 0.428. The molecule has 0 rings (SSSR count). The van der Waals surface area contributed by atoms with Crippen LogP contribution >= 0.6 is 12.6 Å². The van der Waals surface area contributed by atoms with Gasteiger partial charge in [-0.3, -0.25) is 0 Å². The molecule has 0 saturated carbocycles. The molecule has 10 heavy (non-hydrogen) atoms. The van der Waals surface area contributed by atoms with Gasteiger partial charge in [0.1, 0.15) is 6.04 Å². The van der Waals surface area contributed by atoms with Crippen molar-refractivity contribution in [3.8, 4) is 0 Å². The monoisotopic (exact) mass is 183 g/mol. The van der Waals surface area contributed by atoms with Crippen LogP contribution in [-0.2, 0) is 20.9 Å². The highest BCUT2D eigenvalue weighted by Gasteiger charge is 2.12. The molecule has 1 atom stereocenters. The lowest BCUT2D eigenvalue weighted by atomic mass is 10.2. The highest BCUT2D eigenvalue weighted by atomic mass is 32.2. The molecule has 0 aromatic carbocycles. The summed E-state index contributed by atoms with van der Waals surface area (Å²) in [6, 6.07) is -0.709. The van der Waals surface area contributed by atoms with E-state index in [1.807, 2.05) is 0 Å². The number of hydrogen-bond acceptors (Lipinski definition) is 5. The summed E-state index contributed by atoms with van der Waals surface area (Å²) in [5.74, 6) is -0.155. The van der Waals surface area contributed by atoms with E-state index in [0.29, 0.717) is 12.2 Å². The minimum atomic E-state index is -0.709. The zero-order valence-electron chi connectivity index (χ0n) is 5.19. The molecular formula is C4H9NO3S2. The molecule has 4 nitrogen and oxygen atoms in total. The third-order valence-electron chi connectivity index (χ3n) is 0.870. The Morgan fingerprint density at radius 2 is 2.40 bits per heavy atom. The van der Waals surface area contributed by atoms with E-state index in [1.54, 1.807) is 0 Å². The van der Waals surface area contributed by atoms with Crippen molar-refractivity contribution >= 4 is 30.5 Å². The molecule has 0 fully saturated rings. The fourth-order valence-electron chi connectivity index (χ4n) is 0.361. The van der Waals surface area contributed by atoms with Crippen molar-refractivity contribution in [2.75, 3.05) is 5.75 Å². The van der Waals surface area contributed by atoms with E-state index >= 15 is 0 Å². The van der Waals surface area contributed by atoms with Crippen molar-refractivity contribution in [1.82, 2.24) is 0 Å². The summed E-state index contributed by atoms with van der Waals surface area (Å²) < 4.78 is 13.8. The van der Waals surface area contributed by atoms with Gasteiger partial charge in [-0.05, 0) is 12.2 Å². The fourth-order valence-corrected chi connectivity index (χ4v) is 0.848. The maximum Gasteiger partial charge on any atom is 0.336 e. The van der Waals surface area contributed by atoms with Gasteiger partial charge in [-0.2, -0.15) is 12.6 Å². The Hall–Kier alpha value is -0.0700. The van der Waals surface area contributed by atoms with Crippen LogP contribution < -0.4 is 5.73 Å². The van der Waals surface area contributed by atoms with E-state index in [9.17, 15) is 9.00 Å². The number of carbonyl (C=O) groups is 1.